The van der Waals surface area contributed by atoms with Gasteiger partial charge < -0.3 is 14.4 Å². The lowest BCUT2D eigenvalue weighted by Gasteiger charge is -2.42. The van der Waals surface area contributed by atoms with Crippen molar-refractivity contribution in [3.05, 3.63) is 29.8 Å². The summed E-state index contributed by atoms with van der Waals surface area (Å²) in [4.78, 5) is 2.53. The van der Waals surface area contributed by atoms with Gasteiger partial charge in [0.05, 0.1) is 17.3 Å². The standard InChI is InChI=1S/C27H41NO2/c1-26(2,3)29-16-8-10-21-9-7-11-24(18-21)28-14-12-22(13-15-28)17-23-19-25(20-23)30-27(4,5)6/h7,9,11,18,22-23,25H,12-17,19-20H2,1-6H3. The molecule has 1 aromatic carbocycles. The second-order valence-corrected chi connectivity index (χ2v) is 11.1. The van der Waals surface area contributed by atoms with Gasteiger partial charge >= 0.3 is 0 Å². The lowest BCUT2D eigenvalue weighted by molar-refractivity contribution is -0.115. The molecule has 3 heteroatoms. The molecular weight excluding hydrogens is 370 g/mol. The van der Waals surface area contributed by atoms with Crippen LogP contribution < -0.4 is 4.90 Å². The van der Waals surface area contributed by atoms with Crippen LogP contribution >= 0.6 is 0 Å². The van der Waals surface area contributed by atoms with Gasteiger partial charge in [-0.05, 0) is 104 Å². The highest BCUT2D eigenvalue weighted by Crippen LogP contribution is 2.39. The van der Waals surface area contributed by atoms with E-state index in [0.717, 1.165) is 30.5 Å². The van der Waals surface area contributed by atoms with E-state index in [-0.39, 0.29) is 11.2 Å². The summed E-state index contributed by atoms with van der Waals surface area (Å²) < 4.78 is 11.8. The Labute approximate surface area is 184 Å². The van der Waals surface area contributed by atoms with Gasteiger partial charge in [-0.1, -0.05) is 17.9 Å². The first kappa shape index (κ1) is 23.2. The zero-order valence-electron chi connectivity index (χ0n) is 20.0. The molecule has 166 valence electrons. The molecule has 0 bridgehead atoms. The number of benzene rings is 1. The van der Waals surface area contributed by atoms with E-state index in [1.54, 1.807) is 0 Å². The molecule has 1 heterocycles. The van der Waals surface area contributed by atoms with E-state index in [0.29, 0.717) is 12.7 Å². The summed E-state index contributed by atoms with van der Waals surface area (Å²) >= 11 is 0. The number of nitrogens with zero attached hydrogens (tertiary/aromatic N) is 1. The van der Waals surface area contributed by atoms with Gasteiger partial charge in [0.1, 0.15) is 6.61 Å². The Kier molecular flexibility index (Phi) is 7.53. The maximum atomic E-state index is 6.10. The van der Waals surface area contributed by atoms with Crippen molar-refractivity contribution in [3.8, 4) is 11.8 Å². The Balaban J connectivity index is 1.42. The molecule has 0 spiro atoms. The molecule has 0 unspecified atom stereocenters. The van der Waals surface area contributed by atoms with Crippen LogP contribution in [0.2, 0.25) is 0 Å². The first-order chi connectivity index (χ1) is 14.1. The third kappa shape index (κ3) is 7.64. The Morgan fingerprint density at radius 3 is 2.30 bits per heavy atom. The monoisotopic (exact) mass is 411 g/mol. The number of anilines is 1. The molecule has 0 N–H and O–H groups in total. The zero-order valence-corrected chi connectivity index (χ0v) is 20.0. The van der Waals surface area contributed by atoms with Gasteiger partial charge in [0.25, 0.3) is 0 Å². The molecule has 0 amide bonds. The fraction of sp³-hybridized carbons (Fsp3) is 0.704. The third-order valence-electron chi connectivity index (χ3n) is 6.02. The van der Waals surface area contributed by atoms with E-state index in [4.69, 9.17) is 9.47 Å². The molecule has 30 heavy (non-hydrogen) atoms. The maximum Gasteiger partial charge on any atom is 0.108 e. The van der Waals surface area contributed by atoms with Crippen molar-refractivity contribution >= 4 is 5.69 Å². The van der Waals surface area contributed by atoms with Crippen molar-refractivity contribution in [1.82, 2.24) is 0 Å². The average Bonchev–Trinajstić information content (AvgIpc) is 2.63. The van der Waals surface area contributed by atoms with Crippen molar-refractivity contribution < 1.29 is 9.47 Å². The Morgan fingerprint density at radius 2 is 1.67 bits per heavy atom. The molecule has 1 aliphatic heterocycles. The van der Waals surface area contributed by atoms with Crippen LogP contribution in [0.15, 0.2) is 24.3 Å². The molecule has 1 aliphatic carbocycles. The number of ether oxygens (including phenoxy) is 2. The van der Waals surface area contributed by atoms with E-state index in [1.165, 1.54) is 37.8 Å². The SMILES string of the molecule is CC(C)(C)OCC#Cc1cccc(N2CCC(CC3CC(OC(C)(C)C)C3)CC2)c1. The van der Waals surface area contributed by atoms with E-state index < -0.39 is 0 Å². The van der Waals surface area contributed by atoms with Crippen LogP contribution in [0.5, 0.6) is 0 Å². The molecule has 0 aromatic heterocycles. The average molecular weight is 412 g/mol. The van der Waals surface area contributed by atoms with Crippen LogP contribution in [0.1, 0.15) is 79.2 Å². The van der Waals surface area contributed by atoms with Gasteiger partial charge in [0.15, 0.2) is 0 Å². The normalized spacial score (nSPS) is 22.9. The summed E-state index contributed by atoms with van der Waals surface area (Å²) in [6.07, 6.45) is 7.01. The predicted molar refractivity (Wildman–Crippen MR) is 126 cm³/mol. The summed E-state index contributed by atoms with van der Waals surface area (Å²) in [7, 11) is 0. The van der Waals surface area contributed by atoms with Gasteiger partial charge in [-0.25, -0.2) is 0 Å². The van der Waals surface area contributed by atoms with Crippen molar-refractivity contribution in [2.45, 2.75) is 91.0 Å². The van der Waals surface area contributed by atoms with Crippen LogP contribution in [0.3, 0.4) is 0 Å². The number of hydrogen-bond acceptors (Lipinski definition) is 3. The Hall–Kier alpha value is -1.50. The van der Waals surface area contributed by atoms with Gasteiger partial charge in [0, 0.05) is 24.3 Å². The molecule has 0 radical (unpaired) electrons. The minimum atomic E-state index is -0.138. The molecule has 0 atom stereocenters. The molecule has 3 nitrogen and oxygen atoms in total. The Morgan fingerprint density at radius 1 is 0.967 bits per heavy atom. The highest BCUT2D eigenvalue weighted by molar-refractivity contribution is 5.52. The summed E-state index contributed by atoms with van der Waals surface area (Å²) in [5.74, 6) is 8.15. The molecule has 2 fully saturated rings. The second-order valence-electron chi connectivity index (χ2n) is 11.1. The Bertz CT molecular complexity index is 733. The lowest BCUT2D eigenvalue weighted by atomic mass is 9.74. The van der Waals surface area contributed by atoms with E-state index in [1.807, 2.05) is 0 Å². The minimum absolute atomic E-state index is 0.000491. The zero-order chi connectivity index (χ0) is 21.8. The highest BCUT2D eigenvalue weighted by Gasteiger charge is 2.34. The molecule has 3 rings (SSSR count). The third-order valence-corrected chi connectivity index (χ3v) is 6.02. The lowest BCUT2D eigenvalue weighted by Crippen LogP contribution is -2.40. The summed E-state index contributed by atoms with van der Waals surface area (Å²) in [6.45, 7) is 15.4. The molecule has 2 aliphatic rings. The van der Waals surface area contributed by atoms with Crippen LogP contribution in [0.4, 0.5) is 5.69 Å². The summed E-state index contributed by atoms with van der Waals surface area (Å²) in [5, 5.41) is 0. The summed E-state index contributed by atoms with van der Waals surface area (Å²) in [6, 6.07) is 8.66. The fourth-order valence-corrected chi connectivity index (χ4v) is 4.53. The first-order valence-corrected chi connectivity index (χ1v) is 11.7. The van der Waals surface area contributed by atoms with Crippen LogP contribution in [-0.4, -0.2) is 37.0 Å². The summed E-state index contributed by atoms with van der Waals surface area (Å²) in [5.41, 5.74) is 2.24. The van der Waals surface area contributed by atoms with Gasteiger partial charge in [0.2, 0.25) is 0 Å². The first-order valence-electron chi connectivity index (χ1n) is 11.7. The van der Waals surface area contributed by atoms with Gasteiger partial charge in [-0.3, -0.25) is 0 Å². The van der Waals surface area contributed by atoms with E-state index in [9.17, 15) is 0 Å². The van der Waals surface area contributed by atoms with Crippen molar-refractivity contribution in [1.29, 1.82) is 0 Å². The topological polar surface area (TPSA) is 21.7 Å². The second kappa shape index (κ2) is 9.75. The smallest absolute Gasteiger partial charge is 0.108 e. The van der Waals surface area contributed by atoms with Crippen LogP contribution in [0, 0.1) is 23.7 Å². The minimum Gasteiger partial charge on any atom is -0.373 e. The van der Waals surface area contributed by atoms with E-state index >= 15 is 0 Å². The molecule has 1 saturated carbocycles. The predicted octanol–water partition coefficient (Wildman–Crippen LogP) is 6.05. The number of hydrogen-bond donors (Lipinski definition) is 0. The van der Waals surface area contributed by atoms with Gasteiger partial charge in [-0.2, -0.15) is 0 Å². The van der Waals surface area contributed by atoms with Crippen molar-refractivity contribution in [3.63, 3.8) is 0 Å². The number of piperidine rings is 1. The quantitative estimate of drug-likeness (QED) is 0.550. The van der Waals surface area contributed by atoms with Crippen molar-refractivity contribution in [2.24, 2.45) is 11.8 Å². The molecule has 1 aromatic rings. The van der Waals surface area contributed by atoms with Crippen molar-refractivity contribution in [2.75, 3.05) is 24.6 Å². The van der Waals surface area contributed by atoms with Crippen LogP contribution in [0.25, 0.3) is 0 Å². The van der Waals surface area contributed by atoms with E-state index in [2.05, 4.69) is 82.5 Å². The maximum absolute atomic E-state index is 6.10. The molecular formula is C27H41NO2. The highest BCUT2D eigenvalue weighted by atomic mass is 16.5. The number of rotatable bonds is 5. The largest absolute Gasteiger partial charge is 0.373 e. The van der Waals surface area contributed by atoms with Crippen LogP contribution in [-0.2, 0) is 9.47 Å². The molecule has 1 saturated heterocycles. The van der Waals surface area contributed by atoms with Gasteiger partial charge in [-0.15, -0.1) is 0 Å². The fourth-order valence-electron chi connectivity index (χ4n) is 4.53.